The molecule has 41 heavy (non-hydrogen) atoms. The van der Waals surface area contributed by atoms with Crippen LogP contribution in [0.2, 0.25) is 0 Å². The van der Waals surface area contributed by atoms with E-state index in [-0.39, 0.29) is 0 Å². The van der Waals surface area contributed by atoms with Gasteiger partial charge < -0.3 is 9.55 Å². The third kappa shape index (κ3) is 3.14. The number of hydrogen-bond acceptors (Lipinski definition) is 7. The first-order valence-electron chi connectivity index (χ1n) is 13.2. The Labute approximate surface area is 232 Å². The predicted octanol–water partition coefficient (Wildman–Crippen LogP) is 6.27. The van der Waals surface area contributed by atoms with Crippen molar-refractivity contribution < 1.29 is 0 Å². The molecule has 0 saturated carbocycles. The number of nitrogens with zero attached hydrogens (tertiary/aromatic N) is 8. The van der Waals surface area contributed by atoms with E-state index in [1.165, 1.54) is 0 Å². The lowest BCUT2D eigenvalue weighted by Gasteiger charge is -1.98. The molecule has 9 heteroatoms. The molecule has 2 aliphatic rings. The summed E-state index contributed by atoms with van der Waals surface area (Å²) in [5, 5.41) is 3.91. The molecule has 0 unspecified atom stereocenters. The van der Waals surface area contributed by atoms with Gasteiger partial charge in [-0.1, -0.05) is 72.8 Å². The molecule has 7 aromatic rings. The van der Waals surface area contributed by atoms with Gasteiger partial charge in [0, 0.05) is 63.2 Å². The number of aromatic nitrogens is 9. The number of pyridine rings is 1. The molecular weight excluding hydrogens is 510 g/mol. The molecule has 6 heterocycles. The second-order valence-corrected chi connectivity index (χ2v) is 10.1. The Morgan fingerprint density at radius 3 is 1.66 bits per heavy atom. The lowest BCUT2D eigenvalue weighted by atomic mass is 10.1. The van der Waals surface area contributed by atoms with Crippen molar-refractivity contribution in [1.82, 2.24) is 44.4 Å². The second kappa shape index (κ2) is 8.09. The van der Waals surface area contributed by atoms with E-state index in [0.717, 1.165) is 55.1 Å². The first-order valence-corrected chi connectivity index (χ1v) is 13.2. The molecule has 3 aromatic carbocycles. The first kappa shape index (κ1) is 22.0. The molecule has 0 amide bonds. The molecule has 1 N–H and O–H groups in total. The van der Waals surface area contributed by atoms with E-state index in [2.05, 4.69) is 28.2 Å². The number of hydrogen-bond donors (Lipinski definition) is 1. The maximum atomic E-state index is 5.17. The van der Waals surface area contributed by atoms with Gasteiger partial charge in [0.05, 0.1) is 0 Å². The van der Waals surface area contributed by atoms with E-state index >= 15 is 0 Å². The molecule has 2 aliphatic heterocycles. The molecule has 0 atom stereocenters. The monoisotopic (exact) mass is 529 g/mol. The molecule has 0 saturated heterocycles. The summed E-state index contributed by atoms with van der Waals surface area (Å²) < 4.78 is 2.02. The minimum atomic E-state index is 0.515. The van der Waals surface area contributed by atoms with Gasteiger partial charge in [0.2, 0.25) is 0 Å². The van der Waals surface area contributed by atoms with E-state index in [0.29, 0.717) is 34.6 Å². The van der Waals surface area contributed by atoms with E-state index in [1.807, 2.05) is 72.3 Å². The van der Waals surface area contributed by atoms with Gasteiger partial charge in [-0.15, -0.1) is 0 Å². The molecule has 0 spiro atoms. The largest absolute Gasteiger partial charge is 0.324 e. The quantitative estimate of drug-likeness (QED) is 0.246. The summed E-state index contributed by atoms with van der Waals surface area (Å²) in [5.74, 6) is 2.22. The molecular formula is C32H19N9. The lowest BCUT2D eigenvalue weighted by Crippen LogP contribution is -1.92. The molecule has 192 valence electrons. The Hall–Kier alpha value is -5.83. The number of aryl methyl sites for hydroxylation is 1. The van der Waals surface area contributed by atoms with Crippen molar-refractivity contribution >= 4 is 44.1 Å². The lowest BCUT2D eigenvalue weighted by molar-refractivity contribution is 0.970. The summed E-state index contributed by atoms with van der Waals surface area (Å²) >= 11 is 0. The van der Waals surface area contributed by atoms with Gasteiger partial charge >= 0.3 is 0 Å². The molecule has 8 bridgehead atoms. The van der Waals surface area contributed by atoms with Crippen LogP contribution in [0.15, 0.2) is 91.3 Å². The van der Waals surface area contributed by atoms with Gasteiger partial charge in [-0.25, -0.2) is 29.9 Å². The highest BCUT2D eigenvalue weighted by Crippen LogP contribution is 2.37. The average Bonchev–Trinajstić information content (AvgIpc) is 3.72. The number of fused-ring (bicyclic) bond motifs is 20. The fourth-order valence-corrected chi connectivity index (χ4v) is 5.76. The Balaban J connectivity index is 1.53. The van der Waals surface area contributed by atoms with Gasteiger partial charge in [-0.2, -0.15) is 0 Å². The second-order valence-electron chi connectivity index (χ2n) is 10.1. The third-order valence-electron chi connectivity index (χ3n) is 7.71. The fourth-order valence-electron chi connectivity index (χ4n) is 5.76. The zero-order valence-electron chi connectivity index (χ0n) is 21.7. The number of H-pyrrole nitrogens is 1. The summed E-state index contributed by atoms with van der Waals surface area (Å²) in [5.41, 5.74) is 6.43. The highest BCUT2D eigenvalue weighted by atomic mass is 15.1. The normalized spacial score (nSPS) is 12.0. The van der Waals surface area contributed by atoms with Crippen LogP contribution in [-0.2, 0) is 7.05 Å². The van der Waals surface area contributed by atoms with Crippen LogP contribution in [-0.4, -0.2) is 44.4 Å². The van der Waals surface area contributed by atoms with Crippen molar-refractivity contribution in [1.29, 1.82) is 0 Å². The van der Waals surface area contributed by atoms with Crippen molar-refractivity contribution in [2.75, 3.05) is 0 Å². The van der Waals surface area contributed by atoms with E-state index in [4.69, 9.17) is 29.9 Å². The maximum Gasteiger partial charge on any atom is 0.166 e. The first-order chi connectivity index (χ1) is 20.2. The minimum absolute atomic E-state index is 0.515. The standard InChI is InChI=1S/C32H19N9/c1-41-31-22-12-6-7-13-23(22)32(41)40-29-20-11-5-3-9-18(20)26(36-29)37-30-24-16-33-15-14-21(24)27(38-30)34-25-17-8-2-4-10-19(17)28(35-25)39-31/h2-16H,1H3,(H,34,35,36,37,38,39,40). The zero-order chi connectivity index (χ0) is 27.1. The van der Waals surface area contributed by atoms with Crippen molar-refractivity contribution in [3.63, 3.8) is 0 Å². The minimum Gasteiger partial charge on any atom is -0.324 e. The van der Waals surface area contributed by atoms with Crippen LogP contribution >= 0.6 is 0 Å². The average molecular weight is 530 g/mol. The maximum absolute atomic E-state index is 5.17. The fraction of sp³-hybridized carbons (Fsp3) is 0.0312. The molecule has 0 radical (unpaired) electrons. The Morgan fingerprint density at radius 2 is 0.976 bits per heavy atom. The van der Waals surface area contributed by atoms with E-state index in [1.54, 1.807) is 12.4 Å². The van der Waals surface area contributed by atoms with E-state index < -0.39 is 0 Å². The Morgan fingerprint density at radius 1 is 0.488 bits per heavy atom. The van der Waals surface area contributed by atoms with Crippen LogP contribution in [0.1, 0.15) is 0 Å². The number of benzene rings is 3. The number of aromatic amines is 1. The SMILES string of the molecule is Cn1c2nc3nc(nc4nc(nc5[nH]c(nc1c1ccccc12)c1ccccc51)-c1ccncc1-4)-c1ccccc1-3. The van der Waals surface area contributed by atoms with Gasteiger partial charge in [0.1, 0.15) is 22.6 Å². The molecule has 9 nitrogen and oxygen atoms in total. The van der Waals surface area contributed by atoms with Crippen LogP contribution in [0.4, 0.5) is 0 Å². The molecule has 4 aromatic heterocycles. The smallest absolute Gasteiger partial charge is 0.166 e. The third-order valence-corrected chi connectivity index (χ3v) is 7.71. The van der Waals surface area contributed by atoms with E-state index in [9.17, 15) is 0 Å². The highest BCUT2D eigenvalue weighted by molar-refractivity contribution is 6.08. The van der Waals surface area contributed by atoms with Crippen molar-refractivity contribution in [2.24, 2.45) is 7.05 Å². The van der Waals surface area contributed by atoms with Gasteiger partial charge in [-0.3, -0.25) is 4.98 Å². The summed E-state index contributed by atoms with van der Waals surface area (Å²) in [6.07, 6.45) is 3.52. The van der Waals surface area contributed by atoms with Gasteiger partial charge in [0.15, 0.2) is 23.3 Å². The van der Waals surface area contributed by atoms with Crippen LogP contribution in [0.25, 0.3) is 89.7 Å². The van der Waals surface area contributed by atoms with Crippen LogP contribution in [0.5, 0.6) is 0 Å². The predicted molar refractivity (Wildman–Crippen MR) is 158 cm³/mol. The van der Waals surface area contributed by atoms with Crippen molar-refractivity contribution in [3.05, 3.63) is 91.3 Å². The number of rotatable bonds is 0. The molecule has 0 aliphatic carbocycles. The molecule has 9 rings (SSSR count). The summed E-state index contributed by atoms with van der Waals surface area (Å²) in [7, 11) is 1.99. The summed E-state index contributed by atoms with van der Waals surface area (Å²) in [6, 6.07) is 26.2. The topological polar surface area (TPSA) is 111 Å². The van der Waals surface area contributed by atoms with Gasteiger partial charge in [-0.05, 0) is 6.07 Å². The molecule has 0 fully saturated rings. The Bertz CT molecular complexity index is 2400. The van der Waals surface area contributed by atoms with Crippen molar-refractivity contribution in [2.45, 2.75) is 0 Å². The summed E-state index contributed by atoms with van der Waals surface area (Å²) in [6.45, 7) is 0. The van der Waals surface area contributed by atoms with Gasteiger partial charge in [0.25, 0.3) is 0 Å². The number of nitrogens with one attached hydrogen (secondary N) is 1. The van der Waals surface area contributed by atoms with Crippen LogP contribution < -0.4 is 0 Å². The van der Waals surface area contributed by atoms with Crippen LogP contribution in [0, 0.1) is 0 Å². The highest BCUT2D eigenvalue weighted by Gasteiger charge is 2.23. The van der Waals surface area contributed by atoms with Crippen molar-refractivity contribution in [3.8, 4) is 45.6 Å². The summed E-state index contributed by atoms with van der Waals surface area (Å²) in [4.78, 5) is 37.9. The van der Waals surface area contributed by atoms with Crippen LogP contribution in [0.3, 0.4) is 0 Å². The zero-order valence-corrected chi connectivity index (χ0v) is 21.7. The Kier molecular flexibility index (Phi) is 4.35.